The third kappa shape index (κ3) is 3.04. The van der Waals surface area contributed by atoms with Gasteiger partial charge >= 0.3 is 0 Å². The van der Waals surface area contributed by atoms with Crippen molar-refractivity contribution in [1.82, 2.24) is 5.32 Å². The van der Waals surface area contributed by atoms with E-state index in [-0.39, 0.29) is 23.0 Å². The summed E-state index contributed by atoms with van der Waals surface area (Å²) in [5, 5.41) is 23.5. The number of nitrogens with zero attached hydrogens (tertiary/aromatic N) is 1. The molecule has 1 aromatic rings. The lowest BCUT2D eigenvalue weighted by atomic mass is 10.1. The molecule has 2 unspecified atom stereocenters. The summed E-state index contributed by atoms with van der Waals surface area (Å²) in [7, 11) is 0. The van der Waals surface area contributed by atoms with Gasteiger partial charge in [-0.3, -0.25) is 14.9 Å². The van der Waals surface area contributed by atoms with Crippen molar-refractivity contribution >= 4 is 23.4 Å². The van der Waals surface area contributed by atoms with E-state index in [4.69, 9.17) is 0 Å². The molecule has 6 nitrogen and oxygen atoms in total. The molecule has 0 heterocycles. The fourth-order valence-corrected chi connectivity index (χ4v) is 3.42. The molecule has 7 heteroatoms. The summed E-state index contributed by atoms with van der Waals surface area (Å²) in [5.41, 5.74) is -0.388. The number of amides is 1. The minimum atomic E-state index is -0.616. The Morgan fingerprint density at radius 1 is 1.50 bits per heavy atom. The van der Waals surface area contributed by atoms with Crippen molar-refractivity contribution in [3.63, 3.8) is 0 Å². The maximum absolute atomic E-state index is 12.2. The number of carbonyl (C=O) groups is 1. The molecule has 1 aliphatic rings. The van der Waals surface area contributed by atoms with Crippen LogP contribution in [0, 0.1) is 10.1 Å². The Morgan fingerprint density at radius 3 is 2.90 bits per heavy atom. The standard InChI is InChI=1S/C13H16N2O4S/c1-20-12-4-2-3-10(12)14-13(17)9-7-8(16)5-6-11(9)15(18)19/h5-7,10,12,16H,2-4H2,1H3,(H,14,17). The molecule has 0 radical (unpaired) electrons. The second-order valence-corrected chi connectivity index (χ2v) is 5.82. The summed E-state index contributed by atoms with van der Waals surface area (Å²) in [6.45, 7) is 0. The molecule has 108 valence electrons. The fraction of sp³-hybridized carbons (Fsp3) is 0.462. The second-order valence-electron chi connectivity index (χ2n) is 4.74. The zero-order chi connectivity index (χ0) is 14.7. The number of phenols is 1. The number of carbonyl (C=O) groups excluding carboxylic acids is 1. The number of hydrogen-bond donors (Lipinski definition) is 2. The number of nitro groups is 1. The number of rotatable bonds is 4. The Labute approximate surface area is 120 Å². The van der Waals surface area contributed by atoms with E-state index in [1.54, 1.807) is 11.8 Å². The molecule has 1 aliphatic carbocycles. The Bertz CT molecular complexity index is 535. The molecule has 0 bridgehead atoms. The van der Waals surface area contributed by atoms with Crippen LogP contribution in [0.5, 0.6) is 5.75 Å². The van der Waals surface area contributed by atoms with Gasteiger partial charge in [-0.25, -0.2) is 0 Å². The third-order valence-corrected chi connectivity index (χ3v) is 4.66. The number of hydrogen-bond acceptors (Lipinski definition) is 5. The molecule has 0 aromatic heterocycles. The quantitative estimate of drug-likeness (QED) is 0.657. The van der Waals surface area contributed by atoms with Crippen molar-refractivity contribution in [1.29, 1.82) is 0 Å². The Kier molecular flexibility index (Phi) is 4.49. The van der Waals surface area contributed by atoms with Gasteiger partial charge in [-0.05, 0) is 31.2 Å². The predicted octanol–water partition coefficient (Wildman–Crippen LogP) is 2.31. The average molecular weight is 296 g/mol. The second kappa shape index (κ2) is 6.13. The third-order valence-electron chi connectivity index (χ3n) is 3.49. The molecular formula is C13H16N2O4S. The monoisotopic (exact) mass is 296 g/mol. The molecule has 2 N–H and O–H groups in total. The SMILES string of the molecule is CSC1CCCC1NC(=O)c1cc(O)ccc1[N+](=O)[O-]. The molecule has 1 aromatic carbocycles. The molecular weight excluding hydrogens is 280 g/mol. The van der Waals surface area contributed by atoms with Crippen molar-refractivity contribution in [2.75, 3.05) is 6.26 Å². The molecule has 0 spiro atoms. The molecule has 2 atom stereocenters. The molecule has 1 saturated carbocycles. The average Bonchev–Trinajstić information content (AvgIpc) is 2.85. The predicted molar refractivity (Wildman–Crippen MR) is 77.2 cm³/mol. The number of thioether (sulfide) groups is 1. The Hall–Kier alpha value is -1.76. The Morgan fingerprint density at radius 2 is 2.25 bits per heavy atom. The van der Waals surface area contributed by atoms with Crippen LogP contribution >= 0.6 is 11.8 Å². The van der Waals surface area contributed by atoms with E-state index >= 15 is 0 Å². The highest BCUT2D eigenvalue weighted by molar-refractivity contribution is 7.99. The summed E-state index contributed by atoms with van der Waals surface area (Å²) in [4.78, 5) is 22.5. The molecule has 2 rings (SSSR count). The maximum Gasteiger partial charge on any atom is 0.282 e. The fourth-order valence-electron chi connectivity index (χ4n) is 2.48. The van der Waals surface area contributed by atoms with Crippen LogP contribution in [0.1, 0.15) is 29.6 Å². The summed E-state index contributed by atoms with van der Waals surface area (Å²) in [6, 6.07) is 3.51. The first-order chi connectivity index (χ1) is 9.52. The molecule has 0 saturated heterocycles. The lowest BCUT2D eigenvalue weighted by Gasteiger charge is -2.19. The number of aromatic hydroxyl groups is 1. The summed E-state index contributed by atoms with van der Waals surface area (Å²) in [5.74, 6) is -0.660. The molecule has 20 heavy (non-hydrogen) atoms. The highest BCUT2D eigenvalue weighted by Gasteiger charge is 2.30. The number of benzene rings is 1. The van der Waals surface area contributed by atoms with E-state index in [1.165, 1.54) is 6.07 Å². The van der Waals surface area contributed by atoms with Crippen LogP contribution in [0.2, 0.25) is 0 Å². The van der Waals surface area contributed by atoms with Crippen LogP contribution in [-0.4, -0.2) is 33.5 Å². The lowest BCUT2D eigenvalue weighted by molar-refractivity contribution is -0.385. The van der Waals surface area contributed by atoms with Crippen molar-refractivity contribution in [3.05, 3.63) is 33.9 Å². The van der Waals surface area contributed by atoms with E-state index < -0.39 is 10.8 Å². The first kappa shape index (κ1) is 14.6. The largest absolute Gasteiger partial charge is 0.508 e. The van der Waals surface area contributed by atoms with E-state index in [1.807, 2.05) is 6.26 Å². The van der Waals surface area contributed by atoms with E-state index in [0.29, 0.717) is 5.25 Å². The summed E-state index contributed by atoms with van der Waals surface area (Å²) >= 11 is 1.69. The van der Waals surface area contributed by atoms with Crippen molar-refractivity contribution in [2.24, 2.45) is 0 Å². The lowest BCUT2D eigenvalue weighted by Crippen LogP contribution is -2.38. The van der Waals surface area contributed by atoms with Gasteiger partial charge in [-0.2, -0.15) is 11.8 Å². The van der Waals surface area contributed by atoms with Gasteiger partial charge in [0.15, 0.2) is 0 Å². The summed E-state index contributed by atoms with van der Waals surface area (Å²) < 4.78 is 0. The van der Waals surface area contributed by atoms with Crippen LogP contribution < -0.4 is 5.32 Å². The first-order valence-electron chi connectivity index (χ1n) is 6.34. The van der Waals surface area contributed by atoms with Crippen LogP contribution in [-0.2, 0) is 0 Å². The van der Waals surface area contributed by atoms with Crippen LogP contribution in [0.25, 0.3) is 0 Å². The number of nitro benzene ring substituents is 1. The van der Waals surface area contributed by atoms with Gasteiger partial charge in [0.2, 0.25) is 0 Å². The normalized spacial score (nSPS) is 21.6. The van der Waals surface area contributed by atoms with Gasteiger partial charge in [0.25, 0.3) is 11.6 Å². The first-order valence-corrected chi connectivity index (χ1v) is 7.62. The van der Waals surface area contributed by atoms with Crippen LogP contribution in [0.3, 0.4) is 0 Å². The van der Waals surface area contributed by atoms with Gasteiger partial charge < -0.3 is 10.4 Å². The van der Waals surface area contributed by atoms with E-state index in [9.17, 15) is 20.0 Å². The van der Waals surface area contributed by atoms with Crippen molar-refractivity contribution in [3.8, 4) is 5.75 Å². The zero-order valence-electron chi connectivity index (χ0n) is 11.0. The van der Waals surface area contributed by atoms with Gasteiger partial charge in [0, 0.05) is 17.4 Å². The van der Waals surface area contributed by atoms with Crippen molar-refractivity contribution < 1.29 is 14.8 Å². The molecule has 1 fully saturated rings. The van der Waals surface area contributed by atoms with Gasteiger partial charge in [-0.1, -0.05) is 6.42 Å². The van der Waals surface area contributed by atoms with Crippen molar-refractivity contribution in [2.45, 2.75) is 30.6 Å². The molecule has 1 amide bonds. The van der Waals surface area contributed by atoms with Crippen LogP contribution in [0.4, 0.5) is 5.69 Å². The minimum absolute atomic E-state index is 0.0273. The van der Waals surface area contributed by atoms with E-state index in [2.05, 4.69) is 5.32 Å². The minimum Gasteiger partial charge on any atom is -0.508 e. The smallest absolute Gasteiger partial charge is 0.282 e. The highest BCUT2D eigenvalue weighted by atomic mass is 32.2. The number of nitrogens with one attached hydrogen (secondary N) is 1. The molecule has 0 aliphatic heterocycles. The van der Waals surface area contributed by atoms with Gasteiger partial charge in [0.1, 0.15) is 11.3 Å². The van der Waals surface area contributed by atoms with Crippen LogP contribution in [0.15, 0.2) is 18.2 Å². The Balaban J connectivity index is 2.20. The highest BCUT2D eigenvalue weighted by Crippen LogP contribution is 2.29. The van der Waals surface area contributed by atoms with Gasteiger partial charge in [-0.15, -0.1) is 0 Å². The maximum atomic E-state index is 12.2. The summed E-state index contributed by atoms with van der Waals surface area (Å²) in [6.07, 6.45) is 4.95. The number of phenolic OH excluding ortho intramolecular Hbond substituents is 1. The van der Waals surface area contributed by atoms with E-state index in [0.717, 1.165) is 31.4 Å². The zero-order valence-corrected chi connectivity index (χ0v) is 11.9. The van der Waals surface area contributed by atoms with Gasteiger partial charge in [0.05, 0.1) is 4.92 Å². The topological polar surface area (TPSA) is 92.5 Å².